The maximum absolute atomic E-state index is 12.4. The van der Waals surface area contributed by atoms with Crippen molar-refractivity contribution < 1.29 is 8.42 Å². The Labute approximate surface area is 89.4 Å². The van der Waals surface area contributed by atoms with Gasteiger partial charge in [-0.05, 0) is 24.5 Å². The Kier molecular flexibility index (Phi) is 1.77. The monoisotopic (exact) mass is 223 g/mol. The van der Waals surface area contributed by atoms with E-state index in [4.69, 9.17) is 0 Å². The van der Waals surface area contributed by atoms with Crippen molar-refractivity contribution in [2.45, 2.75) is 29.0 Å². The summed E-state index contributed by atoms with van der Waals surface area (Å²) < 4.78 is 24.3. The number of rotatable bonds is 0. The molecule has 1 aromatic rings. The molecule has 1 N–H and O–H groups in total. The van der Waals surface area contributed by atoms with E-state index in [1.54, 1.807) is 12.1 Å². The van der Waals surface area contributed by atoms with Crippen molar-refractivity contribution in [3.8, 4) is 0 Å². The third-order valence-electron chi connectivity index (χ3n) is 3.40. The predicted octanol–water partition coefficient (Wildman–Crippen LogP) is 1.10. The quantitative estimate of drug-likeness (QED) is 0.716. The second-order valence-electron chi connectivity index (χ2n) is 4.40. The first kappa shape index (κ1) is 9.36. The molecule has 1 saturated carbocycles. The van der Waals surface area contributed by atoms with Gasteiger partial charge >= 0.3 is 0 Å². The molecule has 0 aromatic heterocycles. The maximum atomic E-state index is 12.4. The fourth-order valence-corrected chi connectivity index (χ4v) is 4.39. The van der Waals surface area contributed by atoms with Crippen LogP contribution < -0.4 is 5.32 Å². The van der Waals surface area contributed by atoms with Crippen molar-refractivity contribution in [3.63, 3.8) is 0 Å². The summed E-state index contributed by atoms with van der Waals surface area (Å²) in [7, 11) is -3.11. The molecule has 3 nitrogen and oxygen atoms in total. The molecule has 80 valence electrons. The molecule has 0 amide bonds. The number of hydrogen-bond donors (Lipinski definition) is 1. The highest BCUT2D eigenvalue weighted by molar-refractivity contribution is 7.93. The van der Waals surface area contributed by atoms with Gasteiger partial charge in [-0.25, -0.2) is 8.42 Å². The molecule has 0 atom stereocenters. The van der Waals surface area contributed by atoms with Crippen LogP contribution in [0.5, 0.6) is 0 Å². The zero-order valence-corrected chi connectivity index (χ0v) is 9.18. The molecule has 1 spiro atoms. The lowest BCUT2D eigenvalue weighted by molar-refractivity contribution is 0.570. The SMILES string of the molecule is O=S1(=O)c2ccccc2CNCC12CC2. The maximum Gasteiger partial charge on any atom is 0.185 e. The Balaban J connectivity index is 2.25. The lowest BCUT2D eigenvalue weighted by atomic mass is 10.2. The van der Waals surface area contributed by atoms with E-state index in [0.717, 1.165) is 18.4 Å². The molecule has 1 fully saturated rings. The summed E-state index contributed by atoms with van der Waals surface area (Å²) in [5.41, 5.74) is 0.904. The zero-order valence-electron chi connectivity index (χ0n) is 8.36. The van der Waals surface area contributed by atoms with Crippen LogP contribution in [0.1, 0.15) is 18.4 Å². The van der Waals surface area contributed by atoms with E-state index >= 15 is 0 Å². The summed E-state index contributed by atoms with van der Waals surface area (Å²) in [6, 6.07) is 7.32. The molecule has 1 aromatic carbocycles. The van der Waals surface area contributed by atoms with Crippen LogP contribution in [0.2, 0.25) is 0 Å². The Hall–Kier alpha value is -0.870. The fraction of sp³-hybridized carbons (Fsp3) is 0.455. The highest BCUT2D eigenvalue weighted by Crippen LogP contribution is 2.47. The van der Waals surface area contributed by atoms with Crippen molar-refractivity contribution in [2.75, 3.05) is 6.54 Å². The molecule has 1 aliphatic carbocycles. The highest BCUT2D eigenvalue weighted by atomic mass is 32.2. The molecule has 1 heterocycles. The van der Waals surface area contributed by atoms with Gasteiger partial charge in [0.2, 0.25) is 0 Å². The third-order valence-corrected chi connectivity index (χ3v) is 6.07. The summed E-state index contributed by atoms with van der Waals surface area (Å²) in [5, 5.41) is 3.23. The third kappa shape index (κ3) is 1.18. The summed E-state index contributed by atoms with van der Waals surface area (Å²) in [6.45, 7) is 1.27. The standard InChI is InChI=1S/C11H13NO2S/c13-15(14)10-4-2-1-3-9(10)7-12-8-11(15)5-6-11/h1-4,12H,5-8H2. The minimum absolute atomic E-state index is 0.487. The van der Waals surface area contributed by atoms with Gasteiger partial charge in [0.15, 0.2) is 9.84 Å². The highest BCUT2D eigenvalue weighted by Gasteiger charge is 2.55. The topological polar surface area (TPSA) is 46.2 Å². The minimum atomic E-state index is -3.11. The minimum Gasteiger partial charge on any atom is -0.311 e. The van der Waals surface area contributed by atoms with Crippen molar-refractivity contribution in [2.24, 2.45) is 0 Å². The van der Waals surface area contributed by atoms with Crippen molar-refractivity contribution in [3.05, 3.63) is 29.8 Å². The summed E-state index contributed by atoms with van der Waals surface area (Å²) in [4.78, 5) is 0.535. The smallest absolute Gasteiger partial charge is 0.185 e. The van der Waals surface area contributed by atoms with Crippen LogP contribution in [0.3, 0.4) is 0 Å². The van der Waals surface area contributed by atoms with E-state index in [1.807, 2.05) is 12.1 Å². The average molecular weight is 223 g/mol. The Morgan fingerprint density at radius 1 is 1.20 bits per heavy atom. The molecule has 0 saturated heterocycles. The second-order valence-corrected chi connectivity index (χ2v) is 6.71. The summed E-state index contributed by atoms with van der Waals surface area (Å²) in [5.74, 6) is 0. The van der Waals surface area contributed by atoms with Gasteiger partial charge in [0.1, 0.15) is 0 Å². The number of fused-ring (bicyclic) bond motifs is 1. The lowest BCUT2D eigenvalue weighted by Crippen LogP contribution is -2.32. The lowest BCUT2D eigenvalue weighted by Gasteiger charge is -2.13. The van der Waals surface area contributed by atoms with Crippen molar-refractivity contribution in [1.29, 1.82) is 0 Å². The van der Waals surface area contributed by atoms with E-state index in [1.165, 1.54) is 0 Å². The molecule has 4 heteroatoms. The summed E-state index contributed by atoms with van der Waals surface area (Å²) in [6.07, 6.45) is 1.60. The van der Waals surface area contributed by atoms with Crippen LogP contribution >= 0.6 is 0 Å². The van der Waals surface area contributed by atoms with Crippen molar-refractivity contribution >= 4 is 9.84 Å². The largest absolute Gasteiger partial charge is 0.311 e. The normalized spacial score (nSPS) is 25.6. The Morgan fingerprint density at radius 2 is 1.93 bits per heavy atom. The van der Waals surface area contributed by atoms with E-state index in [0.29, 0.717) is 18.0 Å². The molecule has 1 aliphatic heterocycles. The predicted molar refractivity (Wildman–Crippen MR) is 57.3 cm³/mol. The van der Waals surface area contributed by atoms with Gasteiger partial charge < -0.3 is 5.32 Å². The number of benzene rings is 1. The molecule has 3 rings (SSSR count). The van der Waals surface area contributed by atoms with Crippen LogP contribution in [0.15, 0.2) is 29.2 Å². The van der Waals surface area contributed by atoms with Gasteiger partial charge in [0.25, 0.3) is 0 Å². The Bertz CT molecular complexity index is 503. The molecule has 15 heavy (non-hydrogen) atoms. The van der Waals surface area contributed by atoms with Gasteiger partial charge in [-0.1, -0.05) is 18.2 Å². The van der Waals surface area contributed by atoms with E-state index < -0.39 is 14.6 Å². The fourth-order valence-electron chi connectivity index (χ4n) is 2.25. The molecular weight excluding hydrogens is 210 g/mol. The van der Waals surface area contributed by atoms with Crippen LogP contribution in [0.4, 0.5) is 0 Å². The molecule has 0 unspecified atom stereocenters. The summed E-state index contributed by atoms with van der Waals surface area (Å²) >= 11 is 0. The van der Waals surface area contributed by atoms with Gasteiger partial charge in [-0.2, -0.15) is 0 Å². The van der Waals surface area contributed by atoms with E-state index in [9.17, 15) is 8.42 Å². The molecule has 0 bridgehead atoms. The first-order valence-electron chi connectivity index (χ1n) is 5.19. The number of hydrogen-bond acceptors (Lipinski definition) is 3. The van der Waals surface area contributed by atoms with Crippen LogP contribution in [-0.4, -0.2) is 19.7 Å². The second kappa shape index (κ2) is 2.83. The zero-order chi connectivity index (χ0) is 10.5. The molecular formula is C11H13NO2S. The van der Waals surface area contributed by atoms with E-state index in [-0.39, 0.29) is 0 Å². The van der Waals surface area contributed by atoms with Crippen molar-refractivity contribution in [1.82, 2.24) is 5.32 Å². The van der Waals surface area contributed by atoms with Gasteiger partial charge in [-0.15, -0.1) is 0 Å². The first-order valence-corrected chi connectivity index (χ1v) is 6.67. The average Bonchev–Trinajstić information content (AvgIpc) is 3.00. The number of nitrogens with one attached hydrogen (secondary N) is 1. The van der Waals surface area contributed by atoms with Crippen LogP contribution in [0.25, 0.3) is 0 Å². The van der Waals surface area contributed by atoms with Gasteiger partial charge in [-0.3, -0.25) is 0 Å². The number of sulfone groups is 1. The molecule has 0 radical (unpaired) electrons. The molecule has 2 aliphatic rings. The van der Waals surface area contributed by atoms with Crippen LogP contribution in [0, 0.1) is 0 Å². The van der Waals surface area contributed by atoms with Gasteiger partial charge in [0, 0.05) is 13.1 Å². The van der Waals surface area contributed by atoms with Gasteiger partial charge in [0.05, 0.1) is 9.64 Å². The van der Waals surface area contributed by atoms with Crippen LogP contribution in [-0.2, 0) is 16.4 Å². The Morgan fingerprint density at radius 3 is 2.67 bits per heavy atom. The van der Waals surface area contributed by atoms with E-state index in [2.05, 4.69) is 5.32 Å². The first-order chi connectivity index (χ1) is 7.16.